The van der Waals surface area contributed by atoms with Gasteiger partial charge in [0.25, 0.3) is 0 Å². The van der Waals surface area contributed by atoms with E-state index in [0.717, 1.165) is 0 Å². The number of hydrogen-bond acceptors (Lipinski definition) is 3. The predicted molar refractivity (Wildman–Crippen MR) is 140 cm³/mol. The van der Waals surface area contributed by atoms with Crippen molar-refractivity contribution < 1.29 is 0 Å². The van der Waals surface area contributed by atoms with Crippen LogP contribution in [0.5, 0.6) is 0 Å². The predicted octanol–water partition coefficient (Wildman–Crippen LogP) is 7.40. The SMILES string of the molecule is Cc1cc(C2=C(c3cc(C)sc3C)P(=S)(c3ccccc3)c3ccccc32)c(C)s1. The van der Waals surface area contributed by atoms with Crippen molar-refractivity contribution in [3.05, 3.63) is 103 Å². The molecule has 150 valence electrons. The van der Waals surface area contributed by atoms with Gasteiger partial charge in [0, 0.05) is 41.7 Å². The van der Waals surface area contributed by atoms with Crippen LogP contribution in [0.4, 0.5) is 0 Å². The average molecular weight is 463 g/mol. The zero-order valence-electron chi connectivity index (χ0n) is 17.5. The first-order valence-electron chi connectivity index (χ1n) is 10.1. The molecular weight excluding hydrogens is 439 g/mol. The van der Waals surface area contributed by atoms with Crippen molar-refractivity contribution in [3.63, 3.8) is 0 Å². The van der Waals surface area contributed by atoms with Crippen molar-refractivity contribution in [1.29, 1.82) is 0 Å². The molecule has 0 bridgehead atoms. The fourth-order valence-electron chi connectivity index (χ4n) is 4.59. The lowest BCUT2D eigenvalue weighted by molar-refractivity contribution is 1.52. The molecule has 0 spiro atoms. The number of thiophene rings is 2. The van der Waals surface area contributed by atoms with Crippen LogP contribution in [0, 0.1) is 27.7 Å². The lowest BCUT2D eigenvalue weighted by Gasteiger charge is -2.23. The summed E-state index contributed by atoms with van der Waals surface area (Å²) in [7, 11) is 0. The second-order valence-electron chi connectivity index (χ2n) is 7.84. The van der Waals surface area contributed by atoms with Crippen LogP contribution in [0.25, 0.3) is 10.9 Å². The van der Waals surface area contributed by atoms with E-state index in [0.29, 0.717) is 0 Å². The van der Waals surface area contributed by atoms with Crippen LogP contribution in [0.3, 0.4) is 0 Å². The van der Waals surface area contributed by atoms with Crippen molar-refractivity contribution >= 4 is 62.0 Å². The fraction of sp³-hybridized carbons (Fsp3) is 0.154. The summed E-state index contributed by atoms with van der Waals surface area (Å²) in [5.74, 6) is 0. The quantitative estimate of drug-likeness (QED) is 0.286. The summed E-state index contributed by atoms with van der Waals surface area (Å²) in [5, 5.41) is 4.00. The Labute approximate surface area is 191 Å². The Morgan fingerprint density at radius 2 is 1.23 bits per heavy atom. The third kappa shape index (κ3) is 2.95. The second-order valence-corrected chi connectivity index (χ2v) is 15.1. The van der Waals surface area contributed by atoms with Gasteiger partial charge in [-0.3, -0.25) is 0 Å². The Morgan fingerprint density at radius 1 is 0.667 bits per heavy atom. The van der Waals surface area contributed by atoms with E-state index < -0.39 is 6.04 Å². The van der Waals surface area contributed by atoms with Gasteiger partial charge in [0.05, 0.1) is 0 Å². The molecule has 1 unspecified atom stereocenters. The standard InChI is InChI=1S/C26H23PS3/c1-16-14-22(18(3)29-16)25-21-12-8-9-13-24(21)27(28,20-10-6-5-7-11-20)26(25)23-15-17(2)30-19(23)4/h5-15H,1-4H3. The van der Waals surface area contributed by atoms with E-state index in [1.54, 1.807) is 0 Å². The maximum absolute atomic E-state index is 6.75. The average Bonchev–Trinajstić information content (AvgIpc) is 3.33. The van der Waals surface area contributed by atoms with Gasteiger partial charge in [-0.05, 0) is 61.8 Å². The summed E-state index contributed by atoms with van der Waals surface area (Å²) in [4.78, 5) is 5.43. The number of benzene rings is 2. The summed E-state index contributed by atoms with van der Waals surface area (Å²) in [6.07, 6.45) is 0. The minimum Gasteiger partial charge on any atom is -0.145 e. The van der Waals surface area contributed by atoms with Gasteiger partial charge in [-0.25, -0.2) is 0 Å². The summed E-state index contributed by atoms with van der Waals surface area (Å²) in [6.45, 7) is 8.90. The van der Waals surface area contributed by atoms with E-state index in [-0.39, 0.29) is 0 Å². The molecule has 0 radical (unpaired) electrons. The Kier molecular flexibility index (Phi) is 4.99. The Hall–Kier alpha value is -1.77. The minimum absolute atomic E-state index is 1.28. The first-order chi connectivity index (χ1) is 14.4. The van der Waals surface area contributed by atoms with E-state index in [1.165, 1.54) is 57.7 Å². The smallest absolute Gasteiger partial charge is 0.0398 e. The molecule has 1 aliphatic heterocycles. The molecule has 3 heterocycles. The van der Waals surface area contributed by atoms with Crippen LogP contribution in [0.2, 0.25) is 0 Å². The molecule has 0 saturated heterocycles. The maximum Gasteiger partial charge on any atom is 0.0398 e. The highest BCUT2D eigenvalue weighted by atomic mass is 32.4. The van der Waals surface area contributed by atoms with Gasteiger partial charge < -0.3 is 0 Å². The van der Waals surface area contributed by atoms with Crippen molar-refractivity contribution in [3.8, 4) is 0 Å². The molecule has 0 saturated carbocycles. The van der Waals surface area contributed by atoms with E-state index in [1.807, 2.05) is 22.7 Å². The lowest BCUT2D eigenvalue weighted by atomic mass is 9.96. The van der Waals surface area contributed by atoms with Crippen molar-refractivity contribution in [2.75, 3.05) is 0 Å². The molecule has 0 aliphatic carbocycles. The van der Waals surface area contributed by atoms with Crippen molar-refractivity contribution in [2.45, 2.75) is 27.7 Å². The highest BCUT2D eigenvalue weighted by Crippen LogP contribution is 2.66. The molecule has 1 aliphatic rings. The summed E-state index contributed by atoms with van der Waals surface area (Å²) >= 11 is 10.5. The normalized spacial score (nSPS) is 18.1. The van der Waals surface area contributed by atoms with Crippen LogP contribution in [-0.2, 0) is 11.8 Å². The Balaban J connectivity index is 1.97. The van der Waals surface area contributed by atoms with Gasteiger partial charge in [0.15, 0.2) is 0 Å². The van der Waals surface area contributed by atoms with Crippen LogP contribution in [0.15, 0.2) is 66.7 Å². The molecule has 2 aromatic carbocycles. The van der Waals surface area contributed by atoms with E-state index >= 15 is 0 Å². The van der Waals surface area contributed by atoms with Gasteiger partial charge in [0.1, 0.15) is 0 Å². The third-order valence-corrected chi connectivity index (χ3v) is 12.7. The second kappa shape index (κ2) is 7.43. The monoisotopic (exact) mass is 462 g/mol. The number of aryl methyl sites for hydroxylation is 4. The molecular formula is C26H23PS3. The Morgan fingerprint density at radius 3 is 1.83 bits per heavy atom. The molecule has 1 atom stereocenters. The van der Waals surface area contributed by atoms with E-state index in [9.17, 15) is 0 Å². The third-order valence-electron chi connectivity index (χ3n) is 5.79. The molecule has 0 amide bonds. The number of fused-ring (bicyclic) bond motifs is 1. The highest BCUT2D eigenvalue weighted by Gasteiger charge is 2.40. The first-order valence-corrected chi connectivity index (χ1v) is 14.5. The van der Waals surface area contributed by atoms with Crippen molar-refractivity contribution in [2.24, 2.45) is 0 Å². The highest BCUT2D eigenvalue weighted by molar-refractivity contribution is 8.27. The number of hydrogen-bond donors (Lipinski definition) is 0. The molecule has 4 heteroatoms. The van der Waals surface area contributed by atoms with E-state index in [4.69, 9.17) is 11.8 Å². The van der Waals surface area contributed by atoms with Gasteiger partial charge in [-0.2, -0.15) is 0 Å². The van der Waals surface area contributed by atoms with Crippen LogP contribution < -0.4 is 10.6 Å². The van der Waals surface area contributed by atoms with Gasteiger partial charge >= 0.3 is 0 Å². The molecule has 4 aromatic rings. The molecule has 0 nitrogen and oxygen atoms in total. The van der Waals surface area contributed by atoms with E-state index in [2.05, 4.69) is 94.4 Å². The van der Waals surface area contributed by atoms with Crippen LogP contribution in [0.1, 0.15) is 36.2 Å². The molecule has 0 N–H and O–H groups in total. The van der Waals surface area contributed by atoms with Gasteiger partial charge in [0.2, 0.25) is 0 Å². The lowest BCUT2D eigenvalue weighted by Crippen LogP contribution is -2.15. The fourth-order valence-corrected chi connectivity index (χ4v) is 11.3. The molecule has 30 heavy (non-hydrogen) atoms. The molecule has 0 fully saturated rings. The number of rotatable bonds is 3. The van der Waals surface area contributed by atoms with Crippen LogP contribution in [-0.4, -0.2) is 0 Å². The van der Waals surface area contributed by atoms with Gasteiger partial charge in [-0.1, -0.05) is 66.4 Å². The molecule has 5 rings (SSSR count). The molecule has 2 aromatic heterocycles. The minimum atomic E-state index is -2.17. The summed E-state index contributed by atoms with van der Waals surface area (Å²) < 4.78 is 0. The van der Waals surface area contributed by atoms with Crippen LogP contribution >= 0.6 is 28.7 Å². The summed E-state index contributed by atoms with van der Waals surface area (Å²) in [5.41, 5.74) is 5.38. The van der Waals surface area contributed by atoms with Gasteiger partial charge in [-0.15, -0.1) is 22.7 Å². The zero-order chi connectivity index (χ0) is 21.0. The summed E-state index contributed by atoms with van der Waals surface area (Å²) in [6, 6.07) is 22.2. The van der Waals surface area contributed by atoms with Crippen molar-refractivity contribution in [1.82, 2.24) is 0 Å². The maximum atomic E-state index is 6.75. The Bertz CT molecular complexity index is 1350. The zero-order valence-corrected chi connectivity index (χ0v) is 20.9. The topological polar surface area (TPSA) is 0 Å². The first kappa shape index (κ1) is 20.2. The largest absolute Gasteiger partial charge is 0.145 e.